The number of hydrogen-bond donors (Lipinski definition) is 0. The minimum atomic E-state index is -0.346. The molecule has 4 rings (SSSR count). The monoisotopic (exact) mass is 357 g/mol. The first-order chi connectivity index (χ1) is 12.4. The van der Waals surface area contributed by atoms with Gasteiger partial charge in [0.05, 0.1) is 5.39 Å². The van der Waals surface area contributed by atoms with Crippen molar-refractivity contribution in [2.45, 2.75) is 26.7 Å². The minimum Gasteiger partial charge on any atom is -0.352 e. The van der Waals surface area contributed by atoms with Crippen molar-refractivity contribution in [1.29, 1.82) is 0 Å². The van der Waals surface area contributed by atoms with E-state index in [1.54, 1.807) is 13.1 Å². The molecule has 0 atom stereocenters. The fraction of sp³-hybridized carbons (Fsp3) is 0.500. The number of fused-ring (bicyclic) bond motifs is 1. The molecule has 2 aliphatic rings. The highest BCUT2D eigenvalue weighted by atomic mass is 19.1. The number of carbonyl (C=O) groups is 1. The molecular formula is C20H24FN3O2. The summed E-state index contributed by atoms with van der Waals surface area (Å²) in [6.07, 6.45) is 1.98. The number of amides is 1. The van der Waals surface area contributed by atoms with Crippen LogP contribution in [0.25, 0.3) is 10.8 Å². The number of halogens is 1. The summed E-state index contributed by atoms with van der Waals surface area (Å²) < 4.78 is 16.8. The topological polar surface area (TPSA) is 45.5 Å². The third-order valence-corrected chi connectivity index (χ3v) is 5.57. The lowest BCUT2D eigenvalue weighted by Gasteiger charge is -2.37. The molecule has 1 aliphatic carbocycles. The number of carbonyl (C=O) groups excluding carboxylic acids is 1. The number of benzene rings is 1. The van der Waals surface area contributed by atoms with E-state index in [0.29, 0.717) is 42.8 Å². The molecule has 26 heavy (non-hydrogen) atoms. The molecule has 0 N–H and O–H groups in total. The Morgan fingerprint density at radius 3 is 2.38 bits per heavy atom. The highest BCUT2D eigenvalue weighted by Gasteiger charge is 2.35. The summed E-state index contributed by atoms with van der Waals surface area (Å²) in [6, 6.07) is 3.66. The summed E-state index contributed by atoms with van der Waals surface area (Å²) >= 11 is 0. The van der Waals surface area contributed by atoms with E-state index < -0.39 is 0 Å². The van der Waals surface area contributed by atoms with Gasteiger partial charge in [0.2, 0.25) is 5.91 Å². The Hall–Kier alpha value is -2.37. The van der Waals surface area contributed by atoms with Gasteiger partial charge in [0.15, 0.2) is 5.82 Å². The molecular weight excluding hydrogens is 333 g/mol. The van der Waals surface area contributed by atoms with Crippen LogP contribution in [0.2, 0.25) is 0 Å². The van der Waals surface area contributed by atoms with Crippen molar-refractivity contribution in [3.05, 3.63) is 39.4 Å². The number of aromatic nitrogens is 1. The average molecular weight is 357 g/mol. The van der Waals surface area contributed by atoms with Crippen molar-refractivity contribution in [2.24, 2.45) is 13.0 Å². The molecule has 2 heterocycles. The minimum absolute atomic E-state index is 0.181. The molecule has 0 unspecified atom stereocenters. The van der Waals surface area contributed by atoms with Crippen molar-refractivity contribution in [3.63, 3.8) is 0 Å². The van der Waals surface area contributed by atoms with E-state index in [-0.39, 0.29) is 23.2 Å². The van der Waals surface area contributed by atoms with Crippen LogP contribution in [0.15, 0.2) is 16.9 Å². The van der Waals surface area contributed by atoms with Gasteiger partial charge in [0.1, 0.15) is 5.82 Å². The molecule has 0 radical (unpaired) electrons. The second-order valence-electron chi connectivity index (χ2n) is 7.59. The Labute approximate surface area is 152 Å². The first-order valence-electron chi connectivity index (χ1n) is 9.21. The molecule has 1 aromatic heterocycles. The predicted octanol–water partition coefficient (Wildman–Crippen LogP) is 2.35. The normalized spacial score (nSPS) is 17.8. The summed E-state index contributed by atoms with van der Waals surface area (Å²) in [5.74, 6) is 0.410. The summed E-state index contributed by atoms with van der Waals surface area (Å²) in [5.41, 5.74) is 1.55. The van der Waals surface area contributed by atoms with Gasteiger partial charge in [-0.05, 0) is 38.3 Å². The number of piperazine rings is 1. The van der Waals surface area contributed by atoms with Crippen molar-refractivity contribution in [1.82, 2.24) is 9.47 Å². The zero-order chi connectivity index (χ0) is 18.6. The first-order valence-corrected chi connectivity index (χ1v) is 9.21. The van der Waals surface area contributed by atoms with Crippen LogP contribution in [-0.2, 0) is 11.8 Å². The largest absolute Gasteiger partial charge is 0.352 e. The number of nitrogens with zero attached hydrogens (tertiary/aromatic N) is 3. The van der Waals surface area contributed by atoms with Crippen LogP contribution in [0.4, 0.5) is 10.2 Å². The lowest BCUT2D eigenvalue weighted by molar-refractivity contribution is -0.132. The molecule has 1 amide bonds. The van der Waals surface area contributed by atoms with E-state index in [0.717, 1.165) is 24.0 Å². The summed E-state index contributed by atoms with van der Waals surface area (Å²) in [7, 11) is 1.62. The number of hydrogen-bond acceptors (Lipinski definition) is 3. The maximum absolute atomic E-state index is 15.4. The maximum Gasteiger partial charge on any atom is 0.259 e. The number of rotatable bonds is 2. The van der Waals surface area contributed by atoms with Crippen LogP contribution in [0, 0.1) is 25.6 Å². The summed E-state index contributed by atoms with van der Waals surface area (Å²) in [5, 5.41) is 0.832. The van der Waals surface area contributed by atoms with Gasteiger partial charge in [-0.25, -0.2) is 4.39 Å². The summed E-state index contributed by atoms with van der Waals surface area (Å²) in [6.45, 7) is 5.99. The SMILES string of the molecule is Cc1cc(C)c2c(F)c(N3CCN(C(=O)C4CC4)CC3)n(C)c(=O)c2c1. The second-order valence-corrected chi connectivity index (χ2v) is 7.59. The Morgan fingerprint density at radius 1 is 1.12 bits per heavy atom. The van der Waals surface area contributed by atoms with Gasteiger partial charge in [-0.3, -0.25) is 14.2 Å². The standard InChI is InChI=1S/C20H24FN3O2/c1-12-10-13(2)16-15(11-12)20(26)22(3)18(17(16)21)23-6-8-24(9-7-23)19(25)14-4-5-14/h10-11,14H,4-9H2,1-3H3. The molecule has 0 spiro atoms. The highest BCUT2D eigenvalue weighted by molar-refractivity contribution is 5.89. The van der Waals surface area contributed by atoms with Crippen LogP contribution >= 0.6 is 0 Å². The van der Waals surface area contributed by atoms with Crippen LogP contribution in [0.3, 0.4) is 0 Å². The van der Waals surface area contributed by atoms with E-state index in [4.69, 9.17) is 0 Å². The molecule has 0 bridgehead atoms. The fourth-order valence-electron chi connectivity index (χ4n) is 4.04. The first kappa shape index (κ1) is 17.1. The third-order valence-electron chi connectivity index (χ3n) is 5.57. The highest BCUT2D eigenvalue weighted by Crippen LogP contribution is 2.32. The molecule has 1 aromatic carbocycles. The van der Waals surface area contributed by atoms with Gasteiger partial charge < -0.3 is 9.80 Å². The molecule has 6 heteroatoms. The smallest absolute Gasteiger partial charge is 0.259 e. The number of anilines is 1. The molecule has 138 valence electrons. The van der Waals surface area contributed by atoms with E-state index in [1.807, 2.05) is 29.7 Å². The lowest BCUT2D eigenvalue weighted by atomic mass is 10.0. The van der Waals surface area contributed by atoms with Gasteiger partial charge in [-0.1, -0.05) is 11.6 Å². The quantitative estimate of drug-likeness (QED) is 0.829. The van der Waals surface area contributed by atoms with E-state index in [1.165, 1.54) is 4.57 Å². The molecule has 1 aliphatic heterocycles. The van der Waals surface area contributed by atoms with E-state index >= 15 is 4.39 Å². The summed E-state index contributed by atoms with van der Waals surface area (Å²) in [4.78, 5) is 28.8. The molecule has 5 nitrogen and oxygen atoms in total. The van der Waals surface area contributed by atoms with Crippen LogP contribution in [0.5, 0.6) is 0 Å². The maximum atomic E-state index is 15.4. The number of aryl methyl sites for hydroxylation is 2. The Morgan fingerprint density at radius 2 is 1.77 bits per heavy atom. The third kappa shape index (κ3) is 2.68. The van der Waals surface area contributed by atoms with E-state index in [9.17, 15) is 9.59 Å². The van der Waals surface area contributed by atoms with Crippen molar-refractivity contribution in [2.75, 3.05) is 31.1 Å². The van der Waals surface area contributed by atoms with Crippen LogP contribution in [0.1, 0.15) is 24.0 Å². The van der Waals surface area contributed by atoms with Crippen molar-refractivity contribution < 1.29 is 9.18 Å². The van der Waals surface area contributed by atoms with Gasteiger partial charge in [-0.15, -0.1) is 0 Å². The Bertz CT molecular complexity index is 954. The lowest BCUT2D eigenvalue weighted by Crippen LogP contribution is -2.50. The van der Waals surface area contributed by atoms with Gasteiger partial charge in [0.25, 0.3) is 5.56 Å². The molecule has 2 fully saturated rings. The van der Waals surface area contributed by atoms with E-state index in [2.05, 4.69) is 0 Å². The fourth-order valence-corrected chi connectivity index (χ4v) is 4.04. The average Bonchev–Trinajstić information content (AvgIpc) is 3.44. The molecule has 1 saturated carbocycles. The van der Waals surface area contributed by atoms with Gasteiger partial charge >= 0.3 is 0 Å². The van der Waals surface area contributed by atoms with Crippen molar-refractivity contribution >= 4 is 22.5 Å². The number of pyridine rings is 1. The van der Waals surface area contributed by atoms with Gasteiger partial charge in [0, 0.05) is 44.5 Å². The second kappa shape index (κ2) is 6.11. The Kier molecular flexibility index (Phi) is 4.01. The predicted molar refractivity (Wildman–Crippen MR) is 100 cm³/mol. The molecule has 1 saturated heterocycles. The van der Waals surface area contributed by atoms with Crippen LogP contribution < -0.4 is 10.5 Å². The molecule has 2 aromatic rings. The Balaban J connectivity index is 1.71. The van der Waals surface area contributed by atoms with Crippen LogP contribution in [-0.4, -0.2) is 41.6 Å². The zero-order valence-corrected chi connectivity index (χ0v) is 15.5. The van der Waals surface area contributed by atoms with Gasteiger partial charge in [-0.2, -0.15) is 0 Å². The van der Waals surface area contributed by atoms with Crippen molar-refractivity contribution in [3.8, 4) is 0 Å². The zero-order valence-electron chi connectivity index (χ0n) is 15.5.